The molecule has 14 rings (SSSR count). The van der Waals surface area contributed by atoms with Crippen LogP contribution in [0.4, 0.5) is 0 Å². The Bertz CT molecular complexity index is 5100. The zero-order valence-electron chi connectivity index (χ0n) is 61.9. The van der Waals surface area contributed by atoms with Crippen molar-refractivity contribution in [3.63, 3.8) is 0 Å². The molecule has 0 atom stereocenters. The van der Waals surface area contributed by atoms with Crippen molar-refractivity contribution in [3.05, 3.63) is 297 Å². The van der Waals surface area contributed by atoms with E-state index >= 15 is 0 Å². The van der Waals surface area contributed by atoms with Gasteiger partial charge in [0.25, 0.3) is 16.6 Å². The fourth-order valence-electron chi connectivity index (χ4n) is 14.4. The van der Waals surface area contributed by atoms with E-state index in [1.165, 1.54) is 75.5 Å². The van der Waals surface area contributed by atoms with Gasteiger partial charge in [0.1, 0.15) is 0 Å². The van der Waals surface area contributed by atoms with E-state index in [0.717, 1.165) is 117 Å². The van der Waals surface area contributed by atoms with Crippen LogP contribution in [0, 0.1) is 34.0 Å². The molecule has 0 amide bonds. The van der Waals surface area contributed by atoms with Crippen LogP contribution >= 0.6 is 54.5 Å². The smallest absolute Gasteiger partial charge is 0.261 e. The minimum absolute atomic E-state index is 0.0152. The molecule has 12 nitrogen and oxygen atoms in total. The van der Waals surface area contributed by atoms with Crippen LogP contribution in [0.25, 0.3) is 54.5 Å². The number of nitrogens with one attached hydrogen (secondary N) is 5. The minimum atomic E-state index is -2.49. The predicted molar refractivity (Wildman–Crippen MR) is 463 cm³/mol. The number of nitrogens with zero attached hydrogens (tertiary/aromatic N) is 3. The monoisotopic (exact) mass is 1690 g/mol. The molecule has 0 bridgehead atoms. The van der Waals surface area contributed by atoms with Crippen LogP contribution < -0.4 is 20.7 Å². The molecule has 107 heavy (non-hydrogen) atoms. The Labute approximate surface area is 662 Å². The minimum Gasteiger partial charge on any atom is -0.407 e. The third-order valence-electron chi connectivity index (χ3n) is 19.6. The number of nitriles is 3. The summed E-state index contributed by atoms with van der Waals surface area (Å²) in [6.07, 6.45) is 19.6. The van der Waals surface area contributed by atoms with E-state index < -0.39 is 16.6 Å². The average molecular weight is 1700 g/mol. The van der Waals surface area contributed by atoms with Crippen molar-refractivity contribution >= 4 is 146 Å². The first kappa shape index (κ1) is 80.6. The van der Waals surface area contributed by atoms with Crippen molar-refractivity contribution < 1.29 is 19.1 Å². The Morgan fingerprint density at radius 2 is 0.607 bits per heavy atom. The molecule has 0 fully saturated rings. The van der Waals surface area contributed by atoms with Crippen LogP contribution in [-0.4, -0.2) is 82.6 Å². The standard InChI is InChI=1S/C28H30N2OSi.C27H30BrNOSi.C12H11IN2.C12H12N2O.C11H12BrNO/c1-28(2,3)32(24-12-6-4-7-13-24,25-14-8-5-9-15-25)31-18-10-11-23-21-30-27-17-16-22(20-29)19-26(23)27;1-27(2,3)31(23-12-6-4-7-13-23,24-14-8-5-9-15-24)30-18-10-11-21-20-29-26-17-16-22(28)19-25(21)26;13-5-1-2-10-8-15-12-4-3-9(7-14)6-11(10)12;13-7-9-3-4-12-11(6-9)10(8-14-12)2-1-5-15;12-9-3-4-11-10(6-9)8(7-13-11)2-1-5-14/h4-9,12-17,19,21,30H,10-11,18H2,1-3H3;4-9,12-17,19-20,29H,10-11,18H2,1-3H3;3-4,6,8,15H,1-2,5H2;3-4,6,8,14-15H,1-2,5H2;3-4,6-7,13-14H,1-2,5H2. The Kier molecular flexibility index (Phi) is 29.2. The largest absolute Gasteiger partial charge is 0.407 e. The zero-order chi connectivity index (χ0) is 75.8. The van der Waals surface area contributed by atoms with E-state index in [9.17, 15) is 5.26 Å². The second-order valence-corrected chi connectivity index (χ2v) is 40.3. The van der Waals surface area contributed by atoms with Gasteiger partial charge in [-0.3, -0.25) is 0 Å². The maximum atomic E-state index is 9.25. The van der Waals surface area contributed by atoms with Crippen LogP contribution in [0.5, 0.6) is 0 Å². The number of halogens is 3. The van der Waals surface area contributed by atoms with Crippen molar-refractivity contribution in [2.75, 3.05) is 30.9 Å². The number of rotatable bonds is 23. The Hall–Kier alpha value is -8.89. The average Bonchev–Trinajstić information content (AvgIpc) is 1.75. The molecular weight excluding hydrogens is 1600 g/mol. The second kappa shape index (κ2) is 38.8. The molecule has 0 aliphatic carbocycles. The van der Waals surface area contributed by atoms with E-state index in [4.69, 9.17) is 29.6 Å². The molecule has 5 heterocycles. The number of aryl methyl sites for hydroxylation is 5. The molecule has 0 saturated carbocycles. The van der Waals surface area contributed by atoms with Crippen LogP contribution in [-0.2, 0) is 41.0 Å². The van der Waals surface area contributed by atoms with Gasteiger partial charge in [0, 0.05) is 121 Å². The molecular formula is C90H95Br2IN8O4Si2. The van der Waals surface area contributed by atoms with Gasteiger partial charge in [0.15, 0.2) is 0 Å². The number of aromatic nitrogens is 5. The van der Waals surface area contributed by atoms with Gasteiger partial charge in [-0.1, -0.05) is 217 Å². The molecule has 0 spiro atoms. The highest BCUT2D eigenvalue weighted by Crippen LogP contribution is 2.39. The molecule has 5 aromatic heterocycles. The van der Waals surface area contributed by atoms with E-state index in [0.29, 0.717) is 17.7 Å². The van der Waals surface area contributed by atoms with Crippen molar-refractivity contribution in [2.24, 2.45) is 0 Å². The lowest BCUT2D eigenvalue weighted by Crippen LogP contribution is -2.66. The van der Waals surface area contributed by atoms with Gasteiger partial charge in [-0.05, 0) is 218 Å². The van der Waals surface area contributed by atoms with Crippen molar-refractivity contribution in [1.29, 1.82) is 15.8 Å². The summed E-state index contributed by atoms with van der Waals surface area (Å²) in [6, 6.07) is 79.6. The first-order chi connectivity index (χ1) is 51.9. The highest BCUT2D eigenvalue weighted by Gasteiger charge is 2.51. The summed E-state index contributed by atoms with van der Waals surface area (Å²) in [5.41, 5.74) is 14.0. The second-order valence-electron chi connectivity index (χ2n) is 28.7. The van der Waals surface area contributed by atoms with E-state index in [1.54, 1.807) is 6.07 Å². The molecule has 0 radical (unpaired) electrons. The van der Waals surface area contributed by atoms with Gasteiger partial charge in [-0.15, -0.1) is 0 Å². The summed E-state index contributed by atoms with van der Waals surface area (Å²) < 4.78 is 17.4. The highest BCUT2D eigenvalue weighted by molar-refractivity contribution is 14.1. The summed E-state index contributed by atoms with van der Waals surface area (Å²) in [5, 5.41) is 55.7. The topological polar surface area (TPSA) is 209 Å². The highest BCUT2D eigenvalue weighted by atomic mass is 127. The maximum Gasteiger partial charge on any atom is 0.261 e. The number of hydrogen-bond donors (Lipinski definition) is 7. The van der Waals surface area contributed by atoms with Crippen LogP contribution in [0.1, 0.15) is 118 Å². The molecule has 17 heteroatoms. The van der Waals surface area contributed by atoms with Crippen molar-refractivity contribution in [2.45, 2.75) is 116 Å². The molecule has 548 valence electrons. The number of hydrogen-bond acceptors (Lipinski definition) is 7. The van der Waals surface area contributed by atoms with Crippen molar-refractivity contribution in [3.8, 4) is 18.2 Å². The van der Waals surface area contributed by atoms with Gasteiger partial charge in [0.2, 0.25) is 0 Å². The van der Waals surface area contributed by atoms with Crippen LogP contribution in [0.3, 0.4) is 0 Å². The summed E-state index contributed by atoms with van der Waals surface area (Å²) in [7, 11) is -4.94. The third-order valence-corrected chi connectivity index (χ3v) is 31.4. The lowest BCUT2D eigenvalue weighted by Gasteiger charge is -2.43. The molecule has 0 unspecified atom stereocenters. The molecule has 7 N–H and O–H groups in total. The van der Waals surface area contributed by atoms with Gasteiger partial charge in [-0.2, -0.15) is 15.8 Å². The van der Waals surface area contributed by atoms with E-state index in [1.807, 2.05) is 67.0 Å². The molecule has 14 aromatic rings. The molecule has 0 aliphatic heterocycles. The Morgan fingerprint density at radius 1 is 0.355 bits per heavy atom. The first-order valence-corrected chi connectivity index (χ1v) is 43.6. The number of fused-ring (bicyclic) bond motifs is 5. The molecule has 0 saturated heterocycles. The van der Waals surface area contributed by atoms with Gasteiger partial charge >= 0.3 is 0 Å². The Morgan fingerprint density at radius 3 is 0.860 bits per heavy atom. The predicted octanol–water partition coefficient (Wildman–Crippen LogP) is 20.2. The van der Waals surface area contributed by atoms with Crippen LogP contribution in [0.2, 0.25) is 10.1 Å². The SMILES string of the molecule is CC(C)(C)[Si](OCCCc1c[nH]c2ccc(Br)cc12)(c1ccccc1)c1ccccc1.CC(C)(C)[Si](OCCCc1c[nH]c2ccc(C#N)cc12)(c1ccccc1)c1ccccc1.N#Cc1ccc2[nH]cc(CCCI)c2c1.N#Cc1ccc2[nH]cc(CCCO)c2c1.OCCCc1c[nH]c2ccc(Br)cc12. The third kappa shape index (κ3) is 20.1. The van der Waals surface area contributed by atoms with Gasteiger partial charge < -0.3 is 44.0 Å². The fourth-order valence-corrected chi connectivity index (χ4v) is 24.7. The summed E-state index contributed by atoms with van der Waals surface area (Å²) in [5.74, 6) is 0. The van der Waals surface area contributed by atoms with E-state index in [2.05, 4.69) is 309 Å². The van der Waals surface area contributed by atoms with Crippen LogP contribution in [0.15, 0.2) is 252 Å². The lowest BCUT2D eigenvalue weighted by atomic mass is 10.1. The quantitative estimate of drug-likeness (QED) is 0.0142. The summed E-state index contributed by atoms with van der Waals surface area (Å²) in [4.78, 5) is 16.3. The molecule has 9 aromatic carbocycles. The van der Waals surface area contributed by atoms with Gasteiger partial charge in [0.05, 0.1) is 34.9 Å². The number of alkyl halides is 1. The number of H-pyrrole nitrogens is 5. The summed E-state index contributed by atoms with van der Waals surface area (Å²) in [6.45, 7) is 15.8. The number of aromatic amines is 5. The number of aliphatic hydroxyl groups is 2. The zero-order valence-corrected chi connectivity index (χ0v) is 69.2. The number of benzene rings is 9. The lowest BCUT2D eigenvalue weighted by molar-refractivity contribution is 0.288. The van der Waals surface area contributed by atoms with Gasteiger partial charge in [-0.25, -0.2) is 0 Å². The van der Waals surface area contributed by atoms with E-state index in [-0.39, 0.29) is 23.3 Å². The van der Waals surface area contributed by atoms with Crippen molar-refractivity contribution in [1.82, 2.24) is 24.9 Å². The summed E-state index contributed by atoms with van der Waals surface area (Å²) >= 11 is 9.44. The normalized spacial score (nSPS) is 11.6. The Balaban J connectivity index is 0.000000150. The maximum absolute atomic E-state index is 9.25. The number of aliphatic hydroxyl groups excluding tert-OH is 2. The molecule has 0 aliphatic rings. The fraction of sp³-hybridized carbons (Fsp3) is 0.256. The first-order valence-electron chi connectivity index (χ1n) is 36.7.